The fraction of sp³-hybridized carbons (Fsp3) is 0.176. The molecule has 0 bridgehead atoms. The Labute approximate surface area is 128 Å². The normalized spacial score (nSPS) is 10.0. The molecule has 0 aliphatic heterocycles. The van der Waals surface area contributed by atoms with Gasteiger partial charge in [-0.3, -0.25) is 9.69 Å². The molecule has 0 saturated carbocycles. The zero-order chi connectivity index (χ0) is 15.8. The average Bonchev–Trinajstić information content (AvgIpc) is 2.59. The highest BCUT2D eigenvalue weighted by atomic mass is 16.6. The lowest BCUT2D eigenvalue weighted by molar-refractivity contribution is -0.122. The third-order valence-corrected chi connectivity index (χ3v) is 2.99. The molecule has 0 fully saturated rings. The molecule has 1 amide bonds. The number of amides is 1. The van der Waals surface area contributed by atoms with Crippen LogP contribution in [0.2, 0.25) is 0 Å². The third-order valence-electron chi connectivity index (χ3n) is 2.99. The number of Topliss-reactive ketones (excluding diaryl/α,β-unsaturated/α-hetero) is 1. The summed E-state index contributed by atoms with van der Waals surface area (Å²) in [4.78, 5) is 24.8. The summed E-state index contributed by atoms with van der Waals surface area (Å²) >= 11 is 0. The van der Waals surface area contributed by atoms with Gasteiger partial charge in [0.2, 0.25) is 0 Å². The molecule has 0 aliphatic rings. The van der Waals surface area contributed by atoms with E-state index in [0.717, 1.165) is 5.56 Å². The predicted octanol–water partition coefficient (Wildman–Crippen LogP) is 2.83. The summed E-state index contributed by atoms with van der Waals surface area (Å²) in [6.07, 6.45) is -0.656. The molecule has 0 atom stereocenters. The monoisotopic (exact) mass is 298 g/mol. The summed E-state index contributed by atoms with van der Waals surface area (Å²) in [5.74, 6) is -0.569. The van der Waals surface area contributed by atoms with Crippen LogP contribution in [0.3, 0.4) is 0 Å². The van der Waals surface area contributed by atoms with Crippen molar-refractivity contribution in [3.63, 3.8) is 0 Å². The van der Waals surface area contributed by atoms with Crippen LogP contribution in [0.15, 0.2) is 60.7 Å². The highest BCUT2D eigenvalue weighted by Crippen LogP contribution is 2.15. The largest absolute Gasteiger partial charge is 0.444 e. The van der Waals surface area contributed by atoms with E-state index in [1.807, 2.05) is 30.3 Å². The van der Waals surface area contributed by atoms with E-state index in [2.05, 4.69) is 0 Å². The first-order chi connectivity index (χ1) is 10.7. The second kappa shape index (κ2) is 7.95. The summed E-state index contributed by atoms with van der Waals surface area (Å²) in [6, 6.07) is 17.9. The number of carbonyl (C=O) groups is 2. The van der Waals surface area contributed by atoms with Gasteiger partial charge in [0.05, 0.1) is 6.54 Å². The van der Waals surface area contributed by atoms with Crippen molar-refractivity contribution in [1.82, 2.24) is 0 Å². The van der Waals surface area contributed by atoms with Crippen LogP contribution in [0.4, 0.5) is 10.5 Å². The Hall–Kier alpha value is -2.66. The second-order valence-corrected chi connectivity index (χ2v) is 4.64. The molecule has 0 spiro atoms. The van der Waals surface area contributed by atoms with Gasteiger partial charge in [0.15, 0.2) is 5.78 Å². The molecule has 0 aromatic heterocycles. The van der Waals surface area contributed by atoms with Gasteiger partial charge >= 0.3 is 6.09 Å². The predicted molar refractivity (Wildman–Crippen MR) is 81.0 cm³/mol. The van der Waals surface area contributed by atoms with E-state index >= 15 is 0 Å². The van der Waals surface area contributed by atoms with E-state index in [4.69, 9.17) is 4.74 Å². The Bertz CT molecular complexity index is 613. The van der Waals surface area contributed by atoms with Gasteiger partial charge in [-0.2, -0.15) is 0 Å². The van der Waals surface area contributed by atoms with Gasteiger partial charge in [0.25, 0.3) is 0 Å². The molecule has 2 aromatic carbocycles. The van der Waals surface area contributed by atoms with Crippen LogP contribution >= 0.6 is 0 Å². The third kappa shape index (κ3) is 4.43. The highest BCUT2D eigenvalue weighted by molar-refractivity contribution is 5.95. The van der Waals surface area contributed by atoms with Gasteiger partial charge in [0, 0.05) is 5.69 Å². The van der Waals surface area contributed by atoms with Crippen LogP contribution in [0, 0.1) is 0 Å². The molecule has 5 heteroatoms. The summed E-state index contributed by atoms with van der Waals surface area (Å²) in [7, 11) is 0. The number of hydrogen-bond donors (Lipinski definition) is 0. The van der Waals surface area contributed by atoms with E-state index in [0.29, 0.717) is 5.69 Å². The lowest BCUT2D eigenvalue weighted by Crippen LogP contribution is -2.37. The Morgan fingerprint density at radius 3 is 2.09 bits per heavy atom. The number of rotatable bonds is 6. The molecule has 0 N–H and O–H groups in total. The minimum atomic E-state index is -0.866. The molecular weight excluding hydrogens is 282 g/mol. The van der Waals surface area contributed by atoms with Crippen molar-refractivity contribution in [2.24, 2.45) is 0 Å². The van der Waals surface area contributed by atoms with Gasteiger partial charge in [0.1, 0.15) is 13.2 Å². The minimum absolute atomic E-state index is 0.106. The van der Waals surface area contributed by atoms with Crippen LogP contribution < -0.4 is 4.90 Å². The molecule has 2 aromatic rings. The Balaban J connectivity index is 2.07. The van der Waals surface area contributed by atoms with Crippen molar-refractivity contribution in [3.05, 3.63) is 66.2 Å². The Morgan fingerprint density at radius 2 is 1.50 bits per heavy atom. The van der Waals surface area contributed by atoms with Crippen LogP contribution in [-0.2, 0) is 21.2 Å². The number of ether oxygens (including phenoxy) is 1. The molecule has 22 heavy (non-hydrogen) atoms. The number of carbonyl (C=O) groups excluding carboxylic acids is 2. The van der Waals surface area contributed by atoms with Gasteiger partial charge in [-0.25, -0.2) is 9.90 Å². The maximum absolute atomic E-state index is 12.2. The summed E-state index contributed by atoms with van der Waals surface area (Å²) in [5, 5.41) is 10.7. The second-order valence-electron chi connectivity index (χ2n) is 4.64. The molecule has 0 saturated heterocycles. The van der Waals surface area contributed by atoms with Crippen molar-refractivity contribution in [1.29, 1.82) is 0 Å². The van der Waals surface area contributed by atoms with Gasteiger partial charge in [-0.05, 0) is 17.7 Å². The lowest BCUT2D eigenvalue weighted by atomic mass is 10.2. The van der Waals surface area contributed by atoms with Crippen molar-refractivity contribution in [3.8, 4) is 0 Å². The van der Waals surface area contributed by atoms with Gasteiger partial charge in [-0.15, -0.1) is 0 Å². The fourth-order valence-electron chi connectivity index (χ4n) is 1.89. The molecule has 1 radical (unpaired) electrons. The van der Waals surface area contributed by atoms with E-state index in [1.54, 1.807) is 30.3 Å². The number of para-hydroxylation sites is 1. The first-order valence-electron chi connectivity index (χ1n) is 6.84. The van der Waals surface area contributed by atoms with Crippen LogP contribution in [0.1, 0.15) is 5.56 Å². The maximum Gasteiger partial charge on any atom is 0.415 e. The number of nitrogens with zero attached hydrogens (tertiary/aromatic N) is 1. The van der Waals surface area contributed by atoms with Crippen molar-refractivity contribution in [2.75, 3.05) is 18.1 Å². The summed E-state index contributed by atoms with van der Waals surface area (Å²) in [5.41, 5.74) is 1.36. The average molecular weight is 298 g/mol. The molecule has 0 heterocycles. The van der Waals surface area contributed by atoms with Crippen molar-refractivity contribution in [2.45, 2.75) is 6.61 Å². The molecule has 113 valence electrons. The zero-order valence-electron chi connectivity index (χ0n) is 12.0. The topological polar surface area (TPSA) is 66.5 Å². The first-order valence-corrected chi connectivity index (χ1v) is 6.84. The van der Waals surface area contributed by atoms with Crippen molar-refractivity contribution >= 4 is 17.6 Å². The first kappa shape index (κ1) is 15.7. The number of ketones is 1. The lowest BCUT2D eigenvalue weighted by Gasteiger charge is -2.21. The van der Waals surface area contributed by atoms with Crippen LogP contribution in [0.5, 0.6) is 0 Å². The van der Waals surface area contributed by atoms with Gasteiger partial charge < -0.3 is 4.74 Å². The SMILES string of the molecule is [O]CC(=O)CN(C(=O)OCc1ccccc1)c1ccccc1. The molecule has 0 aliphatic carbocycles. The van der Waals surface area contributed by atoms with Crippen LogP contribution in [0.25, 0.3) is 0 Å². The van der Waals surface area contributed by atoms with E-state index < -0.39 is 18.5 Å². The summed E-state index contributed by atoms with van der Waals surface area (Å²) in [6.45, 7) is -1.05. The number of hydrogen-bond acceptors (Lipinski definition) is 3. The summed E-state index contributed by atoms with van der Waals surface area (Å²) < 4.78 is 5.22. The quantitative estimate of drug-likeness (QED) is 0.823. The number of anilines is 1. The molecule has 5 nitrogen and oxygen atoms in total. The van der Waals surface area contributed by atoms with Crippen molar-refractivity contribution < 1.29 is 19.4 Å². The highest BCUT2D eigenvalue weighted by Gasteiger charge is 2.20. The maximum atomic E-state index is 12.2. The van der Waals surface area contributed by atoms with Gasteiger partial charge in [-0.1, -0.05) is 48.5 Å². The zero-order valence-corrected chi connectivity index (χ0v) is 12.0. The van der Waals surface area contributed by atoms with E-state index in [1.165, 1.54) is 4.90 Å². The standard InChI is InChI=1S/C17H16NO4/c19-12-16(20)11-18(15-9-5-2-6-10-15)17(21)22-13-14-7-3-1-4-8-14/h1-10H,11-13H2. The smallest absolute Gasteiger partial charge is 0.415 e. The Morgan fingerprint density at radius 1 is 0.909 bits per heavy atom. The van der Waals surface area contributed by atoms with E-state index in [-0.39, 0.29) is 13.2 Å². The fourth-order valence-corrected chi connectivity index (χ4v) is 1.89. The molecule has 2 rings (SSSR count). The molecule has 0 unspecified atom stereocenters. The van der Waals surface area contributed by atoms with Crippen LogP contribution in [-0.4, -0.2) is 25.0 Å². The number of benzene rings is 2. The molecular formula is C17H16NO4. The minimum Gasteiger partial charge on any atom is -0.444 e. The van der Waals surface area contributed by atoms with E-state index in [9.17, 15) is 14.7 Å². The Kier molecular flexibility index (Phi) is 5.68.